The first-order valence-electron chi connectivity index (χ1n) is 5.28. The first kappa shape index (κ1) is 13.5. The number of carbonyl (C=O) groups excluding carboxylic acids is 2. The van der Waals surface area contributed by atoms with Crippen LogP contribution in [-0.4, -0.2) is 25.4 Å². The van der Waals surface area contributed by atoms with E-state index >= 15 is 0 Å². The predicted octanol–water partition coefficient (Wildman–Crippen LogP) is 2.14. The highest BCUT2D eigenvalue weighted by Crippen LogP contribution is 2.36. The van der Waals surface area contributed by atoms with Crippen molar-refractivity contribution in [3.05, 3.63) is 10.4 Å². The Morgan fingerprint density at radius 1 is 1.47 bits per heavy atom. The zero-order chi connectivity index (χ0) is 13.0. The van der Waals surface area contributed by atoms with Gasteiger partial charge in [0.05, 0.1) is 17.7 Å². The van der Waals surface area contributed by atoms with Crippen LogP contribution in [0.5, 0.6) is 0 Å². The van der Waals surface area contributed by atoms with E-state index in [4.69, 9.17) is 5.73 Å². The van der Waals surface area contributed by atoms with Gasteiger partial charge in [0.25, 0.3) is 0 Å². The Bertz CT molecular complexity index is 440. The molecule has 0 amide bonds. The molecule has 0 radical (unpaired) electrons. The normalized spacial score (nSPS) is 10.1. The topological polar surface area (TPSA) is 81.4 Å². The summed E-state index contributed by atoms with van der Waals surface area (Å²) in [6, 6.07) is 0. The largest absolute Gasteiger partial charge is 0.465 e. The van der Waals surface area contributed by atoms with Crippen molar-refractivity contribution >= 4 is 33.8 Å². The van der Waals surface area contributed by atoms with E-state index in [0.29, 0.717) is 16.4 Å². The van der Waals surface area contributed by atoms with Crippen LogP contribution in [0.25, 0.3) is 0 Å². The molecule has 0 saturated carbocycles. The van der Waals surface area contributed by atoms with Gasteiger partial charge in [-0.25, -0.2) is 4.79 Å². The molecule has 0 aliphatic rings. The molecule has 0 saturated heterocycles. The fraction of sp³-hybridized carbons (Fsp3) is 0.455. The quantitative estimate of drug-likeness (QED) is 0.623. The molecule has 5 nitrogen and oxygen atoms in total. The number of hydrogen-bond acceptors (Lipinski definition) is 6. The van der Waals surface area contributed by atoms with Gasteiger partial charge in [-0.1, -0.05) is 6.92 Å². The lowest BCUT2D eigenvalue weighted by atomic mass is 10.2. The second-order valence-electron chi connectivity index (χ2n) is 3.52. The van der Waals surface area contributed by atoms with E-state index in [2.05, 4.69) is 10.1 Å². The number of Topliss-reactive ketones (excluding diaryl/α,β-unsaturated/α-hetero) is 1. The second kappa shape index (κ2) is 5.67. The Morgan fingerprint density at radius 3 is 2.59 bits per heavy atom. The van der Waals surface area contributed by atoms with Gasteiger partial charge in [-0.2, -0.15) is 0 Å². The summed E-state index contributed by atoms with van der Waals surface area (Å²) in [5, 5.41) is 3.68. The van der Waals surface area contributed by atoms with E-state index in [1.807, 2.05) is 6.92 Å². The first-order chi connectivity index (χ1) is 8.02. The molecule has 3 N–H and O–H groups in total. The number of nitrogen functional groups attached to an aromatic ring is 1. The molecule has 0 aromatic carbocycles. The maximum Gasteiger partial charge on any atom is 0.343 e. The number of anilines is 2. The molecule has 0 unspecified atom stereocenters. The first-order valence-corrected chi connectivity index (χ1v) is 6.09. The number of nitrogens with one attached hydrogen (secondary N) is 1. The smallest absolute Gasteiger partial charge is 0.343 e. The third-order valence-corrected chi connectivity index (χ3v) is 3.45. The lowest BCUT2D eigenvalue weighted by Crippen LogP contribution is -2.09. The van der Waals surface area contributed by atoms with Crippen LogP contribution in [0.2, 0.25) is 0 Å². The Labute approximate surface area is 104 Å². The molecule has 1 heterocycles. The summed E-state index contributed by atoms with van der Waals surface area (Å²) in [4.78, 5) is 23.4. The number of thiophene rings is 1. The van der Waals surface area contributed by atoms with Crippen LogP contribution in [0.3, 0.4) is 0 Å². The molecule has 0 fully saturated rings. The summed E-state index contributed by atoms with van der Waals surface area (Å²) in [6.45, 7) is 4.14. The van der Waals surface area contributed by atoms with Crippen molar-refractivity contribution in [3.8, 4) is 0 Å². The molecule has 1 rings (SSSR count). The van der Waals surface area contributed by atoms with Gasteiger partial charge in [0, 0.05) is 13.5 Å². The molecular formula is C11H16N2O3S. The van der Waals surface area contributed by atoms with Crippen molar-refractivity contribution in [2.45, 2.75) is 20.3 Å². The van der Waals surface area contributed by atoms with E-state index in [1.54, 1.807) is 0 Å². The second-order valence-corrected chi connectivity index (χ2v) is 4.54. The summed E-state index contributed by atoms with van der Waals surface area (Å²) in [5.41, 5.74) is 6.26. The highest BCUT2D eigenvalue weighted by molar-refractivity contribution is 7.19. The minimum atomic E-state index is -0.523. The number of esters is 1. The average Bonchev–Trinajstić information content (AvgIpc) is 2.62. The van der Waals surface area contributed by atoms with Crippen molar-refractivity contribution in [2.24, 2.45) is 0 Å². The summed E-state index contributed by atoms with van der Waals surface area (Å²) < 4.78 is 4.67. The molecule has 0 aliphatic heterocycles. The van der Waals surface area contributed by atoms with Crippen LogP contribution in [-0.2, 0) is 4.74 Å². The zero-order valence-electron chi connectivity index (χ0n) is 10.1. The van der Waals surface area contributed by atoms with E-state index in [-0.39, 0.29) is 17.0 Å². The van der Waals surface area contributed by atoms with Crippen molar-refractivity contribution in [3.63, 3.8) is 0 Å². The highest BCUT2D eigenvalue weighted by Gasteiger charge is 2.24. The maximum atomic E-state index is 11.6. The van der Waals surface area contributed by atoms with Gasteiger partial charge in [0.15, 0.2) is 5.78 Å². The van der Waals surface area contributed by atoms with Crippen LogP contribution >= 0.6 is 11.3 Å². The summed E-state index contributed by atoms with van der Waals surface area (Å²) in [5.74, 6) is -0.674. The summed E-state index contributed by atoms with van der Waals surface area (Å²) >= 11 is 1.19. The third kappa shape index (κ3) is 2.76. The number of carbonyl (C=O) groups is 2. The Kier molecular flexibility index (Phi) is 4.51. The molecule has 0 atom stereocenters. The summed E-state index contributed by atoms with van der Waals surface area (Å²) in [7, 11) is 1.29. The van der Waals surface area contributed by atoms with Gasteiger partial charge in [0.1, 0.15) is 10.6 Å². The molecule has 0 spiro atoms. The van der Waals surface area contributed by atoms with Gasteiger partial charge >= 0.3 is 5.97 Å². The molecule has 1 aromatic heterocycles. The van der Waals surface area contributed by atoms with Crippen LogP contribution in [0.15, 0.2) is 0 Å². The number of rotatable bonds is 5. The monoisotopic (exact) mass is 256 g/mol. The fourth-order valence-corrected chi connectivity index (χ4v) is 2.40. The summed E-state index contributed by atoms with van der Waals surface area (Å²) in [6.07, 6.45) is 0.911. The van der Waals surface area contributed by atoms with Gasteiger partial charge in [0.2, 0.25) is 0 Å². The van der Waals surface area contributed by atoms with E-state index in [9.17, 15) is 9.59 Å². The third-order valence-electron chi connectivity index (χ3n) is 2.19. The Morgan fingerprint density at radius 2 is 2.12 bits per heavy atom. The molecular weight excluding hydrogens is 240 g/mol. The number of hydrogen-bond donors (Lipinski definition) is 2. The molecule has 0 aliphatic carbocycles. The van der Waals surface area contributed by atoms with E-state index < -0.39 is 5.97 Å². The van der Waals surface area contributed by atoms with Crippen molar-refractivity contribution in [2.75, 3.05) is 24.7 Å². The lowest BCUT2D eigenvalue weighted by molar-refractivity contribution is 0.0603. The van der Waals surface area contributed by atoms with Gasteiger partial charge in [-0.05, 0) is 6.42 Å². The molecule has 94 valence electrons. The fourth-order valence-electron chi connectivity index (χ4n) is 1.37. The lowest BCUT2D eigenvalue weighted by Gasteiger charge is -2.04. The Balaban J connectivity index is 3.21. The van der Waals surface area contributed by atoms with Gasteiger partial charge < -0.3 is 15.8 Å². The van der Waals surface area contributed by atoms with Gasteiger partial charge in [-0.3, -0.25) is 4.79 Å². The number of ether oxygens (including phenoxy) is 1. The van der Waals surface area contributed by atoms with Crippen LogP contribution in [0.4, 0.5) is 10.7 Å². The van der Waals surface area contributed by atoms with E-state index in [0.717, 1.165) is 6.42 Å². The zero-order valence-corrected chi connectivity index (χ0v) is 10.9. The Hall–Kier alpha value is -1.56. The number of ketones is 1. The SMILES string of the molecule is CCCNc1sc(C(C)=O)c(N)c1C(=O)OC. The van der Waals surface area contributed by atoms with Crippen LogP contribution in [0, 0.1) is 0 Å². The minimum absolute atomic E-state index is 0.151. The minimum Gasteiger partial charge on any atom is -0.465 e. The standard InChI is InChI=1S/C11H16N2O3S/c1-4-5-13-10-7(11(15)16-3)8(12)9(17-10)6(2)14/h13H,4-5,12H2,1-3H3. The van der Waals surface area contributed by atoms with Crippen molar-refractivity contribution in [1.82, 2.24) is 0 Å². The van der Waals surface area contributed by atoms with Crippen molar-refractivity contribution in [1.29, 1.82) is 0 Å². The maximum absolute atomic E-state index is 11.6. The molecule has 1 aromatic rings. The van der Waals surface area contributed by atoms with Crippen LogP contribution in [0.1, 0.15) is 40.3 Å². The predicted molar refractivity (Wildman–Crippen MR) is 68.9 cm³/mol. The van der Waals surface area contributed by atoms with Crippen LogP contribution < -0.4 is 11.1 Å². The molecule has 6 heteroatoms. The average molecular weight is 256 g/mol. The number of methoxy groups -OCH3 is 1. The number of nitrogens with two attached hydrogens (primary N) is 1. The van der Waals surface area contributed by atoms with E-state index in [1.165, 1.54) is 25.4 Å². The highest BCUT2D eigenvalue weighted by atomic mass is 32.1. The van der Waals surface area contributed by atoms with Gasteiger partial charge in [-0.15, -0.1) is 11.3 Å². The van der Waals surface area contributed by atoms with Crippen molar-refractivity contribution < 1.29 is 14.3 Å². The molecule has 17 heavy (non-hydrogen) atoms. The molecule has 0 bridgehead atoms.